The molecule has 0 bridgehead atoms. The van der Waals surface area contributed by atoms with Gasteiger partial charge in [0.25, 0.3) is 0 Å². The highest BCUT2D eigenvalue weighted by atomic mass is 32.2. The summed E-state index contributed by atoms with van der Waals surface area (Å²) in [5.41, 5.74) is 0.459. The maximum absolute atomic E-state index is 12.2. The van der Waals surface area contributed by atoms with E-state index in [4.69, 9.17) is 5.11 Å². The van der Waals surface area contributed by atoms with Gasteiger partial charge in [-0.05, 0) is 36.1 Å². The van der Waals surface area contributed by atoms with E-state index in [0.29, 0.717) is 5.56 Å². The summed E-state index contributed by atoms with van der Waals surface area (Å²) in [6, 6.07) is 7.71. The molecular weight excluding hydrogens is 298 g/mol. The summed E-state index contributed by atoms with van der Waals surface area (Å²) in [6.45, 7) is 1.82. The number of aromatic carboxylic acids is 1. The van der Waals surface area contributed by atoms with E-state index < -0.39 is 16.0 Å². The predicted octanol–water partition coefficient (Wildman–Crippen LogP) is 2.23. The molecule has 0 amide bonds. The van der Waals surface area contributed by atoms with Gasteiger partial charge in [0.15, 0.2) is 0 Å². The number of aryl methyl sites for hydroxylation is 1. The molecule has 0 atom stereocenters. The van der Waals surface area contributed by atoms with Crippen molar-refractivity contribution >= 4 is 27.3 Å². The zero-order valence-electron chi connectivity index (χ0n) is 10.7. The first kappa shape index (κ1) is 14.7. The molecule has 0 fully saturated rings. The van der Waals surface area contributed by atoms with Crippen LogP contribution in [0.2, 0.25) is 0 Å². The standard InChI is InChI=1S/C13H13NO4S2/c1-9-4-5-10(13(15)16)7-12(9)20(17,18)14-8-11-3-2-6-19-11/h2-7,14H,8H2,1H3,(H,15,16). The van der Waals surface area contributed by atoms with Gasteiger partial charge in [-0.1, -0.05) is 12.1 Å². The topological polar surface area (TPSA) is 83.5 Å². The molecule has 5 nitrogen and oxygen atoms in total. The number of hydrogen-bond donors (Lipinski definition) is 2. The van der Waals surface area contributed by atoms with Crippen LogP contribution in [0.15, 0.2) is 40.6 Å². The van der Waals surface area contributed by atoms with Gasteiger partial charge in [-0.3, -0.25) is 0 Å². The van der Waals surface area contributed by atoms with Crippen molar-refractivity contribution in [1.82, 2.24) is 4.72 Å². The largest absolute Gasteiger partial charge is 0.478 e. The number of hydrogen-bond acceptors (Lipinski definition) is 4. The van der Waals surface area contributed by atoms with Crippen molar-refractivity contribution in [2.45, 2.75) is 18.4 Å². The van der Waals surface area contributed by atoms with Crippen molar-refractivity contribution in [3.63, 3.8) is 0 Å². The van der Waals surface area contributed by atoms with E-state index in [1.165, 1.54) is 29.5 Å². The van der Waals surface area contributed by atoms with Gasteiger partial charge in [0.1, 0.15) is 0 Å². The van der Waals surface area contributed by atoms with Gasteiger partial charge in [-0.25, -0.2) is 17.9 Å². The third-order valence-corrected chi connectivity index (χ3v) is 5.16. The Bertz CT molecular complexity index is 721. The van der Waals surface area contributed by atoms with Gasteiger partial charge in [0.2, 0.25) is 10.0 Å². The highest BCUT2D eigenvalue weighted by Crippen LogP contribution is 2.18. The van der Waals surface area contributed by atoms with Gasteiger partial charge >= 0.3 is 5.97 Å². The number of carboxylic acids is 1. The molecule has 0 saturated carbocycles. The fraction of sp³-hybridized carbons (Fsp3) is 0.154. The number of thiophene rings is 1. The molecule has 0 aliphatic carbocycles. The average Bonchev–Trinajstić information content (AvgIpc) is 2.89. The molecule has 106 valence electrons. The Morgan fingerprint density at radius 3 is 2.70 bits per heavy atom. The van der Waals surface area contributed by atoms with Gasteiger partial charge in [0.05, 0.1) is 10.5 Å². The Labute approximate surface area is 120 Å². The molecule has 2 aromatic rings. The molecule has 0 aliphatic rings. The summed E-state index contributed by atoms with van der Waals surface area (Å²) in [7, 11) is -3.73. The van der Waals surface area contributed by atoms with Crippen LogP contribution in [-0.2, 0) is 16.6 Å². The van der Waals surface area contributed by atoms with Crippen LogP contribution in [0.25, 0.3) is 0 Å². The van der Waals surface area contributed by atoms with Crippen LogP contribution in [0.5, 0.6) is 0 Å². The Morgan fingerprint density at radius 1 is 1.35 bits per heavy atom. The first-order valence-corrected chi connectivity index (χ1v) is 8.12. The van der Waals surface area contributed by atoms with E-state index in [1.54, 1.807) is 6.92 Å². The van der Waals surface area contributed by atoms with Gasteiger partial charge in [-0.15, -0.1) is 11.3 Å². The number of carbonyl (C=O) groups is 1. The molecule has 1 aromatic carbocycles. The minimum atomic E-state index is -3.73. The van der Waals surface area contributed by atoms with E-state index >= 15 is 0 Å². The first-order valence-electron chi connectivity index (χ1n) is 5.76. The Kier molecular flexibility index (Phi) is 4.22. The lowest BCUT2D eigenvalue weighted by Gasteiger charge is -2.09. The smallest absolute Gasteiger partial charge is 0.335 e. The lowest BCUT2D eigenvalue weighted by Crippen LogP contribution is -2.24. The number of rotatable bonds is 5. The number of benzene rings is 1. The third kappa shape index (κ3) is 3.24. The molecule has 1 aromatic heterocycles. The van der Waals surface area contributed by atoms with Crippen LogP contribution >= 0.6 is 11.3 Å². The number of sulfonamides is 1. The van der Waals surface area contributed by atoms with Crippen LogP contribution in [-0.4, -0.2) is 19.5 Å². The monoisotopic (exact) mass is 311 g/mol. The Morgan fingerprint density at radius 2 is 2.10 bits per heavy atom. The summed E-state index contributed by atoms with van der Waals surface area (Å²) in [4.78, 5) is 11.8. The molecule has 0 unspecified atom stereocenters. The second kappa shape index (κ2) is 5.74. The molecule has 20 heavy (non-hydrogen) atoms. The first-order chi connectivity index (χ1) is 9.40. The molecule has 2 rings (SSSR count). The van der Waals surface area contributed by atoms with Crippen molar-refractivity contribution in [2.75, 3.05) is 0 Å². The summed E-state index contributed by atoms with van der Waals surface area (Å²) >= 11 is 1.45. The van der Waals surface area contributed by atoms with Gasteiger partial charge in [0, 0.05) is 11.4 Å². The van der Waals surface area contributed by atoms with Crippen molar-refractivity contribution in [3.8, 4) is 0 Å². The summed E-state index contributed by atoms with van der Waals surface area (Å²) in [5.74, 6) is -1.15. The van der Waals surface area contributed by atoms with E-state index in [0.717, 1.165) is 4.88 Å². The summed E-state index contributed by atoms with van der Waals surface area (Å²) in [5, 5.41) is 10.8. The van der Waals surface area contributed by atoms with E-state index in [-0.39, 0.29) is 17.0 Å². The second-order valence-corrected chi connectivity index (χ2v) is 6.96. The Balaban J connectivity index is 2.28. The molecule has 0 spiro atoms. The molecule has 2 N–H and O–H groups in total. The van der Waals surface area contributed by atoms with Gasteiger partial charge in [-0.2, -0.15) is 0 Å². The lowest BCUT2D eigenvalue weighted by molar-refractivity contribution is 0.0696. The van der Waals surface area contributed by atoms with Crippen LogP contribution in [0.1, 0.15) is 20.8 Å². The van der Waals surface area contributed by atoms with Crippen LogP contribution in [0.3, 0.4) is 0 Å². The predicted molar refractivity (Wildman–Crippen MR) is 76.5 cm³/mol. The molecular formula is C13H13NO4S2. The van der Waals surface area contributed by atoms with Crippen molar-refractivity contribution in [3.05, 3.63) is 51.7 Å². The van der Waals surface area contributed by atoms with Crippen LogP contribution < -0.4 is 4.72 Å². The minimum Gasteiger partial charge on any atom is -0.478 e. The molecule has 7 heteroatoms. The summed E-state index contributed by atoms with van der Waals surface area (Å²) < 4.78 is 26.9. The van der Waals surface area contributed by atoms with E-state index in [2.05, 4.69) is 4.72 Å². The maximum atomic E-state index is 12.2. The fourth-order valence-electron chi connectivity index (χ4n) is 1.68. The van der Waals surface area contributed by atoms with Crippen molar-refractivity contribution in [2.24, 2.45) is 0 Å². The number of nitrogens with one attached hydrogen (secondary N) is 1. The summed E-state index contributed by atoms with van der Waals surface area (Å²) in [6.07, 6.45) is 0. The van der Waals surface area contributed by atoms with Crippen LogP contribution in [0, 0.1) is 6.92 Å². The molecule has 1 heterocycles. The highest BCUT2D eigenvalue weighted by molar-refractivity contribution is 7.89. The van der Waals surface area contributed by atoms with E-state index in [1.807, 2.05) is 17.5 Å². The average molecular weight is 311 g/mol. The zero-order chi connectivity index (χ0) is 14.8. The maximum Gasteiger partial charge on any atom is 0.335 e. The van der Waals surface area contributed by atoms with Crippen molar-refractivity contribution < 1.29 is 18.3 Å². The quantitative estimate of drug-likeness (QED) is 0.887. The van der Waals surface area contributed by atoms with Gasteiger partial charge < -0.3 is 5.11 Å². The molecule has 0 saturated heterocycles. The number of carboxylic acid groups (broad SMARTS) is 1. The fourth-order valence-corrected chi connectivity index (χ4v) is 3.69. The highest BCUT2D eigenvalue weighted by Gasteiger charge is 2.18. The lowest BCUT2D eigenvalue weighted by atomic mass is 10.1. The SMILES string of the molecule is Cc1ccc(C(=O)O)cc1S(=O)(=O)NCc1cccs1. The third-order valence-electron chi connectivity index (χ3n) is 2.74. The second-order valence-electron chi connectivity index (χ2n) is 4.19. The normalized spacial score (nSPS) is 11.4. The van der Waals surface area contributed by atoms with E-state index in [9.17, 15) is 13.2 Å². The Hall–Kier alpha value is -1.70. The molecule has 0 aliphatic heterocycles. The zero-order valence-corrected chi connectivity index (χ0v) is 12.3. The van der Waals surface area contributed by atoms with Crippen molar-refractivity contribution in [1.29, 1.82) is 0 Å². The van der Waals surface area contributed by atoms with Crippen LogP contribution in [0.4, 0.5) is 0 Å². The minimum absolute atomic E-state index is 0.00560. The molecule has 0 radical (unpaired) electrons.